The number of hydrogen-bond donors (Lipinski definition) is 3. The van der Waals surface area contributed by atoms with Crippen LogP contribution in [0.5, 0.6) is 0 Å². The Morgan fingerprint density at radius 2 is 1.62 bits per heavy atom. The first kappa shape index (κ1) is 27.6. The number of rotatable bonds is 2. The largest absolute Gasteiger partial charge is 0.459 e. The van der Waals surface area contributed by atoms with Crippen molar-refractivity contribution in [3.05, 3.63) is 11.6 Å². The molecule has 11 atom stereocenters. The molecule has 210 valence electrons. The van der Waals surface area contributed by atoms with Crippen molar-refractivity contribution in [2.24, 2.45) is 50.2 Å². The van der Waals surface area contributed by atoms with Crippen LogP contribution in [0, 0.1) is 50.2 Å². The van der Waals surface area contributed by atoms with Gasteiger partial charge >= 0.3 is 5.97 Å². The number of ether oxygens (including phenoxy) is 1. The van der Waals surface area contributed by atoms with Gasteiger partial charge in [-0.05, 0) is 85.4 Å². The Balaban J connectivity index is 1.55. The maximum atomic E-state index is 11.9. The van der Waals surface area contributed by atoms with Crippen molar-refractivity contribution in [2.45, 2.75) is 125 Å². The minimum atomic E-state index is -0.681. The van der Waals surface area contributed by atoms with Crippen LogP contribution < -0.4 is 0 Å². The third kappa shape index (κ3) is 3.41. The SMILES string of the molecule is CC(=O)O[C@H]1[C@@H](O)[C@]2(C)CC[C@]3(C)C(=CCC4[C@@]5(C)CC[C@H](O)[C@](C)(CO)C5CC[C@]43C)[C@@H]2CC1(C)C. The highest BCUT2D eigenvalue weighted by atomic mass is 16.6. The Labute approximate surface area is 224 Å². The van der Waals surface area contributed by atoms with Gasteiger partial charge in [0, 0.05) is 23.2 Å². The summed E-state index contributed by atoms with van der Waals surface area (Å²) < 4.78 is 5.76. The summed E-state index contributed by atoms with van der Waals surface area (Å²) in [7, 11) is 0. The minimum absolute atomic E-state index is 0.0455. The molecule has 0 aliphatic heterocycles. The molecular weight excluding hydrogens is 464 g/mol. The van der Waals surface area contributed by atoms with E-state index in [1.54, 1.807) is 0 Å². The summed E-state index contributed by atoms with van der Waals surface area (Å²) in [4.78, 5) is 11.9. The normalized spacial score (nSPS) is 54.6. The molecule has 5 aliphatic carbocycles. The van der Waals surface area contributed by atoms with Gasteiger partial charge in [0.25, 0.3) is 0 Å². The summed E-state index contributed by atoms with van der Waals surface area (Å²) in [5, 5.41) is 33.1. The molecule has 5 nitrogen and oxygen atoms in total. The van der Waals surface area contributed by atoms with Crippen LogP contribution in [0.2, 0.25) is 0 Å². The molecule has 37 heavy (non-hydrogen) atoms. The molecule has 0 spiro atoms. The highest BCUT2D eigenvalue weighted by molar-refractivity contribution is 5.66. The molecule has 0 bridgehead atoms. The summed E-state index contributed by atoms with van der Waals surface area (Å²) in [5.41, 5.74) is 0.743. The Hall–Kier alpha value is -0.910. The number of allylic oxidation sites excluding steroid dienone is 2. The highest BCUT2D eigenvalue weighted by Gasteiger charge is 2.70. The van der Waals surface area contributed by atoms with E-state index in [2.05, 4.69) is 54.5 Å². The Bertz CT molecular complexity index is 988. The third-order valence-corrected chi connectivity index (χ3v) is 13.7. The predicted octanol–water partition coefficient (Wildman–Crippen LogP) is 5.65. The molecule has 5 rings (SSSR count). The van der Waals surface area contributed by atoms with Crippen LogP contribution in [0.4, 0.5) is 0 Å². The first-order valence-electron chi connectivity index (χ1n) is 14.9. The molecule has 4 fully saturated rings. The second-order valence-electron chi connectivity index (χ2n) is 15.7. The van der Waals surface area contributed by atoms with Crippen molar-refractivity contribution in [1.82, 2.24) is 0 Å². The van der Waals surface area contributed by atoms with E-state index >= 15 is 0 Å². The molecule has 2 unspecified atom stereocenters. The maximum Gasteiger partial charge on any atom is 0.303 e. The molecule has 4 saturated carbocycles. The van der Waals surface area contributed by atoms with Gasteiger partial charge in [0.2, 0.25) is 0 Å². The second-order valence-corrected chi connectivity index (χ2v) is 15.7. The van der Waals surface area contributed by atoms with E-state index in [0.29, 0.717) is 11.8 Å². The zero-order valence-electron chi connectivity index (χ0n) is 24.6. The number of carbonyl (C=O) groups excluding carboxylic acids is 1. The van der Waals surface area contributed by atoms with E-state index in [0.717, 1.165) is 51.4 Å². The summed E-state index contributed by atoms with van der Waals surface area (Å²) >= 11 is 0. The minimum Gasteiger partial charge on any atom is -0.459 e. The fourth-order valence-corrected chi connectivity index (χ4v) is 11.1. The third-order valence-electron chi connectivity index (χ3n) is 13.7. The summed E-state index contributed by atoms with van der Waals surface area (Å²) in [6.45, 7) is 17.7. The van der Waals surface area contributed by atoms with Crippen LogP contribution in [-0.4, -0.2) is 46.2 Å². The van der Waals surface area contributed by atoms with Crippen LogP contribution in [0.1, 0.15) is 107 Å². The lowest BCUT2D eigenvalue weighted by atomic mass is 9.33. The van der Waals surface area contributed by atoms with Crippen LogP contribution in [-0.2, 0) is 9.53 Å². The predicted molar refractivity (Wildman–Crippen MR) is 144 cm³/mol. The maximum absolute atomic E-state index is 11.9. The molecule has 0 radical (unpaired) electrons. The van der Waals surface area contributed by atoms with Crippen molar-refractivity contribution < 1.29 is 24.9 Å². The van der Waals surface area contributed by atoms with Gasteiger partial charge in [-0.25, -0.2) is 0 Å². The molecular formula is C32H52O5. The van der Waals surface area contributed by atoms with Gasteiger partial charge in [-0.3, -0.25) is 4.79 Å². The van der Waals surface area contributed by atoms with E-state index in [1.165, 1.54) is 12.5 Å². The average molecular weight is 517 g/mol. The topological polar surface area (TPSA) is 87.0 Å². The van der Waals surface area contributed by atoms with E-state index in [1.807, 2.05) is 0 Å². The fraction of sp³-hybridized carbons (Fsp3) is 0.906. The van der Waals surface area contributed by atoms with E-state index in [4.69, 9.17) is 4.74 Å². The van der Waals surface area contributed by atoms with E-state index in [-0.39, 0.29) is 45.6 Å². The van der Waals surface area contributed by atoms with Gasteiger partial charge in [0.1, 0.15) is 6.10 Å². The lowest BCUT2D eigenvalue weighted by Gasteiger charge is -2.72. The molecule has 0 saturated heterocycles. The van der Waals surface area contributed by atoms with Gasteiger partial charge in [-0.2, -0.15) is 0 Å². The fourth-order valence-electron chi connectivity index (χ4n) is 11.1. The van der Waals surface area contributed by atoms with Gasteiger partial charge in [-0.1, -0.05) is 60.1 Å². The smallest absolute Gasteiger partial charge is 0.303 e. The van der Waals surface area contributed by atoms with E-state index in [9.17, 15) is 20.1 Å². The van der Waals surface area contributed by atoms with Gasteiger partial charge in [0.05, 0.1) is 18.8 Å². The van der Waals surface area contributed by atoms with E-state index < -0.39 is 23.7 Å². The number of esters is 1. The van der Waals surface area contributed by atoms with Crippen molar-refractivity contribution >= 4 is 5.97 Å². The molecule has 0 aromatic heterocycles. The second kappa shape index (κ2) is 8.30. The van der Waals surface area contributed by atoms with Crippen LogP contribution in [0.25, 0.3) is 0 Å². The summed E-state index contributed by atoms with van der Waals surface area (Å²) in [5.74, 6) is 0.775. The molecule has 0 aromatic carbocycles. The lowest BCUT2D eigenvalue weighted by Crippen LogP contribution is -2.67. The van der Waals surface area contributed by atoms with Crippen molar-refractivity contribution in [2.75, 3.05) is 6.61 Å². The van der Waals surface area contributed by atoms with Crippen LogP contribution in [0.3, 0.4) is 0 Å². The lowest BCUT2D eigenvalue weighted by molar-refractivity contribution is -0.229. The van der Waals surface area contributed by atoms with Gasteiger partial charge in [0.15, 0.2) is 0 Å². The number of fused-ring (bicyclic) bond motifs is 7. The number of aliphatic hydroxyl groups is 3. The number of aliphatic hydroxyl groups excluding tert-OH is 3. The Morgan fingerprint density at radius 1 is 0.946 bits per heavy atom. The standard InChI is InChI=1S/C32H52O5/c1-19(34)37-26-25(36)28(4)15-16-31(7)20(21(28)17-27(26,2)3)9-10-23-29(5)13-12-24(35)30(6,18-33)22(29)11-14-32(23,31)8/h9,21-26,33,35-36H,10-18H2,1-8H3/t21-,22?,23?,24-,25+,26-,28+,29-,30+,31+,32+/m0/s1. The van der Waals surface area contributed by atoms with Crippen molar-refractivity contribution in [3.8, 4) is 0 Å². The van der Waals surface area contributed by atoms with Crippen molar-refractivity contribution in [1.29, 1.82) is 0 Å². The molecule has 3 N–H and O–H groups in total. The zero-order valence-corrected chi connectivity index (χ0v) is 24.6. The Morgan fingerprint density at radius 3 is 2.24 bits per heavy atom. The molecule has 5 aliphatic rings. The average Bonchev–Trinajstić information content (AvgIpc) is 2.81. The first-order chi connectivity index (χ1) is 17.0. The quantitative estimate of drug-likeness (QED) is 0.326. The number of carbonyl (C=O) groups is 1. The molecule has 0 heterocycles. The number of hydrogen-bond acceptors (Lipinski definition) is 5. The molecule has 0 amide bonds. The highest BCUT2D eigenvalue weighted by Crippen LogP contribution is 2.75. The zero-order chi connectivity index (χ0) is 27.4. The van der Waals surface area contributed by atoms with Gasteiger partial charge in [-0.15, -0.1) is 0 Å². The monoisotopic (exact) mass is 516 g/mol. The van der Waals surface area contributed by atoms with Crippen molar-refractivity contribution in [3.63, 3.8) is 0 Å². The first-order valence-corrected chi connectivity index (χ1v) is 14.9. The molecule has 0 aromatic rings. The van der Waals surface area contributed by atoms with Gasteiger partial charge < -0.3 is 20.1 Å². The summed E-state index contributed by atoms with van der Waals surface area (Å²) in [6.07, 6.45) is 8.80. The Kier molecular flexibility index (Phi) is 6.20. The summed E-state index contributed by atoms with van der Waals surface area (Å²) in [6, 6.07) is 0. The molecule has 5 heteroatoms. The van der Waals surface area contributed by atoms with Crippen LogP contribution in [0.15, 0.2) is 11.6 Å². The van der Waals surface area contributed by atoms with Crippen LogP contribution >= 0.6 is 0 Å².